The number of hydrogen-bond acceptors (Lipinski definition) is 1. The molecule has 1 amide bonds. The monoisotopic (exact) mass is 335 g/mol. The summed E-state index contributed by atoms with van der Waals surface area (Å²) in [4.78, 5) is 12.1. The van der Waals surface area contributed by atoms with Crippen molar-refractivity contribution in [2.45, 2.75) is 32.2 Å². The summed E-state index contributed by atoms with van der Waals surface area (Å²) in [5.41, 5.74) is 1.95. The van der Waals surface area contributed by atoms with Gasteiger partial charge in [-0.15, -0.1) is 0 Å². The second-order valence-corrected chi connectivity index (χ2v) is 6.18. The van der Waals surface area contributed by atoms with Crippen molar-refractivity contribution < 1.29 is 4.79 Å². The molecule has 1 atom stereocenters. The van der Waals surface area contributed by atoms with Crippen molar-refractivity contribution in [2.24, 2.45) is 0 Å². The summed E-state index contributed by atoms with van der Waals surface area (Å²) in [6, 6.07) is 15.6. The number of carbonyl (C=O) groups is 1. The summed E-state index contributed by atoms with van der Waals surface area (Å²) in [6.07, 6.45) is 2.04. The minimum absolute atomic E-state index is 0.0597. The summed E-state index contributed by atoms with van der Waals surface area (Å²) < 4.78 is 0. The van der Waals surface area contributed by atoms with Crippen LogP contribution >= 0.6 is 23.2 Å². The molecule has 0 saturated heterocycles. The molecule has 0 fully saturated rings. The average molecular weight is 336 g/mol. The van der Waals surface area contributed by atoms with E-state index in [2.05, 4.69) is 17.4 Å². The van der Waals surface area contributed by atoms with E-state index >= 15 is 0 Å². The van der Waals surface area contributed by atoms with E-state index in [1.54, 1.807) is 18.2 Å². The first-order chi connectivity index (χ1) is 10.6. The zero-order chi connectivity index (χ0) is 15.9. The van der Waals surface area contributed by atoms with E-state index in [9.17, 15) is 4.79 Å². The molecule has 0 aliphatic carbocycles. The van der Waals surface area contributed by atoms with Crippen molar-refractivity contribution in [3.8, 4) is 0 Å². The highest BCUT2D eigenvalue weighted by Crippen LogP contribution is 2.24. The Morgan fingerprint density at radius 2 is 1.68 bits per heavy atom. The Labute approximate surface area is 141 Å². The molecule has 0 aliphatic heterocycles. The number of carbonyl (C=O) groups excluding carboxylic acids is 1. The molecular formula is C18H19Cl2NO. The van der Waals surface area contributed by atoms with Gasteiger partial charge in [-0.1, -0.05) is 59.6 Å². The highest BCUT2D eigenvalue weighted by atomic mass is 35.5. The highest BCUT2D eigenvalue weighted by molar-refractivity contribution is 6.36. The molecular weight excluding hydrogens is 317 g/mol. The topological polar surface area (TPSA) is 29.1 Å². The fourth-order valence-corrected chi connectivity index (χ4v) is 2.82. The normalized spacial score (nSPS) is 12.0. The maximum atomic E-state index is 12.1. The first-order valence-corrected chi connectivity index (χ1v) is 8.08. The van der Waals surface area contributed by atoms with Gasteiger partial charge in [0.05, 0.1) is 6.42 Å². The first kappa shape index (κ1) is 16.9. The number of nitrogens with one attached hydrogen (secondary N) is 1. The van der Waals surface area contributed by atoms with Gasteiger partial charge >= 0.3 is 0 Å². The third-order valence-electron chi connectivity index (χ3n) is 3.52. The maximum absolute atomic E-state index is 12.1. The van der Waals surface area contributed by atoms with Gasteiger partial charge in [0.25, 0.3) is 0 Å². The lowest BCUT2D eigenvalue weighted by Gasteiger charge is -2.14. The molecule has 0 aromatic heterocycles. The van der Waals surface area contributed by atoms with Gasteiger partial charge in [-0.3, -0.25) is 4.79 Å². The summed E-state index contributed by atoms with van der Waals surface area (Å²) in [5.74, 6) is -0.0597. The quantitative estimate of drug-likeness (QED) is 0.816. The van der Waals surface area contributed by atoms with E-state index in [1.165, 1.54) is 5.56 Å². The van der Waals surface area contributed by atoms with Gasteiger partial charge in [-0.05, 0) is 43.0 Å². The van der Waals surface area contributed by atoms with Crippen molar-refractivity contribution in [3.05, 3.63) is 69.7 Å². The van der Waals surface area contributed by atoms with Gasteiger partial charge in [0.15, 0.2) is 0 Å². The van der Waals surface area contributed by atoms with E-state index in [4.69, 9.17) is 23.2 Å². The zero-order valence-corrected chi connectivity index (χ0v) is 14.0. The van der Waals surface area contributed by atoms with Crippen LogP contribution in [0.1, 0.15) is 24.5 Å². The average Bonchev–Trinajstić information content (AvgIpc) is 2.50. The third-order valence-corrected chi connectivity index (χ3v) is 4.22. The molecule has 116 valence electrons. The minimum Gasteiger partial charge on any atom is -0.353 e. The number of rotatable bonds is 6. The molecule has 0 radical (unpaired) electrons. The molecule has 2 aromatic rings. The highest BCUT2D eigenvalue weighted by Gasteiger charge is 2.12. The van der Waals surface area contributed by atoms with E-state index in [1.807, 2.05) is 25.1 Å². The predicted octanol–water partition coefficient (Wildman–Crippen LogP) is 4.67. The summed E-state index contributed by atoms with van der Waals surface area (Å²) in [7, 11) is 0. The van der Waals surface area contributed by atoms with Crippen LogP contribution in [0, 0.1) is 0 Å². The zero-order valence-electron chi connectivity index (χ0n) is 12.5. The molecule has 0 spiro atoms. The summed E-state index contributed by atoms with van der Waals surface area (Å²) in [6.45, 7) is 2.01. The second-order valence-electron chi connectivity index (χ2n) is 5.37. The minimum atomic E-state index is -0.0597. The van der Waals surface area contributed by atoms with Gasteiger partial charge in [0, 0.05) is 16.1 Å². The van der Waals surface area contributed by atoms with Crippen LogP contribution in [0.5, 0.6) is 0 Å². The number of amides is 1. The van der Waals surface area contributed by atoms with E-state index in [-0.39, 0.29) is 18.4 Å². The van der Waals surface area contributed by atoms with Crippen molar-refractivity contribution >= 4 is 29.1 Å². The Kier molecular flexibility index (Phi) is 6.29. The molecule has 22 heavy (non-hydrogen) atoms. The lowest BCUT2D eigenvalue weighted by molar-refractivity contribution is -0.121. The number of benzene rings is 2. The Morgan fingerprint density at radius 3 is 2.32 bits per heavy atom. The third kappa shape index (κ3) is 5.04. The van der Waals surface area contributed by atoms with Crippen LogP contribution in [-0.4, -0.2) is 11.9 Å². The van der Waals surface area contributed by atoms with Crippen molar-refractivity contribution in [2.75, 3.05) is 0 Å². The van der Waals surface area contributed by atoms with Crippen molar-refractivity contribution in [1.82, 2.24) is 5.32 Å². The molecule has 2 nitrogen and oxygen atoms in total. The Bertz CT molecular complexity index is 608. The van der Waals surface area contributed by atoms with Crippen LogP contribution in [0.2, 0.25) is 10.0 Å². The van der Waals surface area contributed by atoms with Crippen LogP contribution in [0.25, 0.3) is 0 Å². The predicted molar refractivity (Wildman–Crippen MR) is 92.5 cm³/mol. The van der Waals surface area contributed by atoms with Crippen molar-refractivity contribution in [1.29, 1.82) is 0 Å². The van der Waals surface area contributed by atoms with Crippen LogP contribution in [0.15, 0.2) is 48.5 Å². The van der Waals surface area contributed by atoms with Crippen LogP contribution in [0.4, 0.5) is 0 Å². The van der Waals surface area contributed by atoms with Gasteiger partial charge in [0.2, 0.25) is 5.91 Å². The van der Waals surface area contributed by atoms with Gasteiger partial charge in [0.1, 0.15) is 0 Å². The van der Waals surface area contributed by atoms with Gasteiger partial charge < -0.3 is 5.32 Å². The number of aryl methyl sites for hydroxylation is 1. The first-order valence-electron chi connectivity index (χ1n) is 7.32. The van der Waals surface area contributed by atoms with E-state index < -0.39 is 0 Å². The summed E-state index contributed by atoms with van der Waals surface area (Å²) in [5, 5.41) is 4.05. The Hall–Kier alpha value is -1.51. The molecule has 2 aromatic carbocycles. The molecule has 4 heteroatoms. The molecule has 0 saturated carbocycles. The Morgan fingerprint density at radius 1 is 1.05 bits per heavy atom. The largest absolute Gasteiger partial charge is 0.353 e. The van der Waals surface area contributed by atoms with Crippen LogP contribution in [0.3, 0.4) is 0 Å². The fraction of sp³-hybridized carbons (Fsp3) is 0.278. The molecule has 1 N–H and O–H groups in total. The lowest BCUT2D eigenvalue weighted by Crippen LogP contribution is -2.34. The van der Waals surface area contributed by atoms with E-state index in [0.29, 0.717) is 15.6 Å². The molecule has 0 bridgehead atoms. The van der Waals surface area contributed by atoms with Gasteiger partial charge in [-0.2, -0.15) is 0 Å². The SMILES string of the molecule is C[C@@H](CCc1ccccc1)NC(=O)Cc1c(Cl)cccc1Cl. The molecule has 0 aliphatic rings. The smallest absolute Gasteiger partial charge is 0.224 e. The number of hydrogen-bond donors (Lipinski definition) is 1. The van der Waals surface area contributed by atoms with Crippen LogP contribution < -0.4 is 5.32 Å². The van der Waals surface area contributed by atoms with Crippen LogP contribution in [-0.2, 0) is 17.6 Å². The van der Waals surface area contributed by atoms with Crippen molar-refractivity contribution in [3.63, 3.8) is 0 Å². The second kappa shape index (κ2) is 8.21. The molecule has 0 unspecified atom stereocenters. The molecule has 2 rings (SSSR count). The summed E-state index contributed by atoms with van der Waals surface area (Å²) >= 11 is 12.2. The Balaban J connectivity index is 1.84. The fourth-order valence-electron chi connectivity index (χ4n) is 2.29. The van der Waals surface area contributed by atoms with E-state index in [0.717, 1.165) is 12.8 Å². The van der Waals surface area contributed by atoms with Gasteiger partial charge in [-0.25, -0.2) is 0 Å². The number of halogens is 2. The maximum Gasteiger partial charge on any atom is 0.224 e. The molecule has 0 heterocycles. The lowest BCUT2D eigenvalue weighted by atomic mass is 10.1. The standard InChI is InChI=1S/C18H19Cl2NO/c1-13(10-11-14-6-3-2-4-7-14)21-18(22)12-15-16(19)8-5-9-17(15)20/h2-9,13H,10-12H2,1H3,(H,21,22)/t13-/m0/s1.